The van der Waals surface area contributed by atoms with Crippen molar-refractivity contribution in [3.05, 3.63) is 0 Å². The predicted octanol–water partition coefficient (Wildman–Crippen LogP) is 0.449. The summed E-state index contributed by atoms with van der Waals surface area (Å²) in [6.45, 7) is 4.34. The van der Waals surface area contributed by atoms with E-state index in [1.54, 1.807) is 0 Å². The lowest BCUT2D eigenvalue weighted by molar-refractivity contribution is -0.131. The van der Waals surface area contributed by atoms with Crippen LogP contribution in [0, 0.1) is 5.92 Å². The summed E-state index contributed by atoms with van der Waals surface area (Å²) in [5, 5.41) is 1.38. The Bertz CT molecular complexity index is 196. The molecule has 0 bridgehead atoms. The number of nitrogens with zero attached hydrogens (tertiary/aromatic N) is 1. The van der Waals surface area contributed by atoms with Crippen molar-refractivity contribution >= 4 is 27.9 Å². The van der Waals surface area contributed by atoms with Gasteiger partial charge in [0.1, 0.15) is 0 Å². The van der Waals surface area contributed by atoms with Crippen molar-refractivity contribution in [1.82, 2.24) is 10.4 Å². The molecule has 76 valence electrons. The Kier molecular flexibility index (Phi) is 5.45. The summed E-state index contributed by atoms with van der Waals surface area (Å²) >= 11 is 3.01. The molecule has 0 rings (SSSR count). The number of hydrazine groups is 1. The zero-order valence-corrected chi connectivity index (χ0v) is 9.30. The number of hydrogen-bond acceptors (Lipinski definition) is 2. The average Bonchev–Trinajstić information content (AvgIpc) is 2.00. The summed E-state index contributed by atoms with van der Waals surface area (Å²) in [6, 6.07) is -0.727. The second kappa shape index (κ2) is 5.80. The van der Waals surface area contributed by atoms with Gasteiger partial charge >= 0.3 is 6.03 Å². The van der Waals surface area contributed by atoms with Crippen molar-refractivity contribution in [2.24, 2.45) is 11.7 Å². The van der Waals surface area contributed by atoms with Gasteiger partial charge in [-0.15, -0.1) is 0 Å². The molecule has 0 heterocycles. The second-order valence-corrected chi connectivity index (χ2v) is 3.57. The highest BCUT2D eigenvalue weighted by Crippen LogP contribution is 1.97. The van der Waals surface area contributed by atoms with Crippen LogP contribution in [-0.2, 0) is 4.79 Å². The molecule has 0 aromatic rings. The monoisotopic (exact) mass is 251 g/mol. The van der Waals surface area contributed by atoms with E-state index < -0.39 is 6.03 Å². The van der Waals surface area contributed by atoms with E-state index in [0.29, 0.717) is 6.54 Å². The Hall–Kier alpha value is -0.780. The third-order valence-corrected chi connectivity index (χ3v) is 1.69. The maximum Gasteiger partial charge on any atom is 0.331 e. The van der Waals surface area contributed by atoms with E-state index in [4.69, 9.17) is 5.73 Å². The molecule has 6 heteroatoms. The molecule has 3 amide bonds. The van der Waals surface area contributed by atoms with Crippen molar-refractivity contribution in [1.29, 1.82) is 0 Å². The highest BCUT2D eigenvalue weighted by molar-refractivity contribution is 9.09. The van der Waals surface area contributed by atoms with Crippen molar-refractivity contribution in [3.8, 4) is 0 Å². The summed E-state index contributed by atoms with van der Waals surface area (Å²) < 4.78 is 0. The molecule has 0 fully saturated rings. The van der Waals surface area contributed by atoms with Crippen LogP contribution < -0.4 is 11.2 Å². The quantitative estimate of drug-likeness (QED) is 0.565. The van der Waals surface area contributed by atoms with E-state index in [2.05, 4.69) is 21.4 Å². The molecule has 3 N–H and O–H groups in total. The topological polar surface area (TPSA) is 75.4 Å². The molecule has 0 aromatic carbocycles. The van der Waals surface area contributed by atoms with E-state index in [1.165, 1.54) is 5.01 Å². The largest absolute Gasteiger partial charge is 0.350 e. The zero-order valence-electron chi connectivity index (χ0n) is 7.71. The van der Waals surface area contributed by atoms with Crippen LogP contribution in [0.5, 0.6) is 0 Å². The molecule has 5 nitrogen and oxygen atoms in total. The van der Waals surface area contributed by atoms with E-state index in [-0.39, 0.29) is 17.2 Å². The predicted molar refractivity (Wildman–Crippen MR) is 53.1 cm³/mol. The van der Waals surface area contributed by atoms with Gasteiger partial charge in [0, 0.05) is 6.54 Å². The number of hydrogen-bond donors (Lipinski definition) is 2. The molecule has 0 radical (unpaired) electrons. The number of carbonyl (C=O) groups is 2. The molecule has 0 aromatic heterocycles. The van der Waals surface area contributed by atoms with E-state index in [1.807, 2.05) is 13.8 Å². The number of halogens is 1. The SMILES string of the molecule is CC(C)CN(NC(N)=O)C(=O)CBr. The lowest BCUT2D eigenvalue weighted by atomic mass is 10.2. The van der Waals surface area contributed by atoms with E-state index in [0.717, 1.165) is 0 Å². The Morgan fingerprint density at radius 3 is 2.38 bits per heavy atom. The lowest BCUT2D eigenvalue weighted by Crippen LogP contribution is -2.50. The molecule has 0 unspecified atom stereocenters. The summed E-state index contributed by atoms with van der Waals surface area (Å²) in [4.78, 5) is 21.7. The van der Waals surface area contributed by atoms with E-state index >= 15 is 0 Å². The van der Waals surface area contributed by atoms with Crippen molar-refractivity contribution in [3.63, 3.8) is 0 Å². The Morgan fingerprint density at radius 1 is 1.54 bits per heavy atom. The van der Waals surface area contributed by atoms with Gasteiger partial charge in [-0.25, -0.2) is 10.2 Å². The van der Waals surface area contributed by atoms with Gasteiger partial charge in [0.05, 0.1) is 5.33 Å². The third-order valence-electron chi connectivity index (χ3n) is 1.21. The number of nitrogens with one attached hydrogen (secondary N) is 1. The van der Waals surface area contributed by atoms with Crippen LogP contribution in [0.1, 0.15) is 13.8 Å². The number of primary amides is 1. The summed E-state index contributed by atoms with van der Waals surface area (Å²) in [5.74, 6) is 0.0577. The normalized spacial score (nSPS) is 9.85. The zero-order chi connectivity index (χ0) is 10.4. The van der Waals surface area contributed by atoms with Crippen LogP contribution in [0.15, 0.2) is 0 Å². The first-order valence-electron chi connectivity index (χ1n) is 3.89. The Morgan fingerprint density at radius 2 is 2.08 bits per heavy atom. The van der Waals surface area contributed by atoms with Crippen molar-refractivity contribution < 1.29 is 9.59 Å². The van der Waals surface area contributed by atoms with Crippen molar-refractivity contribution in [2.75, 3.05) is 11.9 Å². The third kappa shape index (κ3) is 5.46. The molecular formula is C7H14BrN3O2. The van der Waals surface area contributed by atoms with Crippen LogP contribution in [0.4, 0.5) is 4.79 Å². The van der Waals surface area contributed by atoms with Gasteiger partial charge in [-0.2, -0.15) is 0 Å². The number of amides is 3. The molecule has 0 saturated carbocycles. The molecule has 0 aliphatic rings. The minimum atomic E-state index is -0.727. The number of nitrogens with two attached hydrogens (primary N) is 1. The maximum absolute atomic E-state index is 11.2. The van der Waals surface area contributed by atoms with E-state index in [9.17, 15) is 9.59 Å². The first-order chi connectivity index (χ1) is 5.97. The first kappa shape index (κ1) is 12.2. The van der Waals surface area contributed by atoms with Gasteiger partial charge in [-0.05, 0) is 5.92 Å². The second-order valence-electron chi connectivity index (χ2n) is 3.01. The molecule has 0 aliphatic carbocycles. The van der Waals surface area contributed by atoms with Gasteiger partial charge in [-0.3, -0.25) is 9.80 Å². The fraction of sp³-hybridized carbons (Fsp3) is 0.714. The fourth-order valence-corrected chi connectivity index (χ4v) is 1.08. The molecule has 13 heavy (non-hydrogen) atoms. The molecular weight excluding hydrogens is 238 g/mol. The standard InChI is InChI=1S/C7H14BrN3O2/c1-5(2)4-11(6(12)3-8)10-7(9)13/h5H,3-4H2,1-2H3,(H3,9,10,13). The van der Waals surface area contributed by atoms with Gasteiger partial charge in [0.25, 0.3) is 5.91 Å². The van der Waals surface area contributed by atoms with Crippen LogP contribution in [0.2, 0.25) is 0 Å². The number of alkyl halides is 1. The van der Waals surface area contributed by atoms with Crippen LogP contribution >= 0.6 is 15.9 Å². The number of urea groups is 1. The summed E-state index contributed by atoms with van der Waals surface area (Å²) in [6.07, 6.45) is 0. The first-order valence-corrected chi connectivity index (χ1v) is 5.02. The van der Waals surface area contributed by atoms with Crippen LogP contribution in [-0.4, -0.2) is 28.8 Å². The average molecular weight is 252 g/mol. The highest BCUT2D eigenvalue weighted by Gasteiger charge is 2.14. The molecule has 0 spiro atoms. The Balaban J connectivity index is 4.18. The lowest BCUT2D eigenvalue weighted by Gasteiger charge is -2.23. The van der Waals surface area contributed by atoms with Gasteiger partial charge in [0.15, 0.2) is 0 Å². The minimum absolute atomic E-state index is 0.167. The van der Waals surface area contributed by atoms with Gasteiger partial charge in [0.2, 0.25) is 0 Å². The van der Waals surface area contributed by atoms with Gasteiger partial charge in [-0.1, -0.05) is 29.8 Å². The fourth-order valence-electron chi connectivity index (χ4n) is 0.780. The van der Waals surface area contributed by atoms with Crippen molar-refractivity contribution in [2.45, 2.75) is 13.8 Å². The summed E-state index contributed by atoms with van der Waals surface area (Å²) in [5.41, 5.74) is 7.16. The minimum Gasteiger partial charge on any atom is -0.350 e. The molecule has 0 saturated heterocycles. The molecule has 0 aliphatic heterocycles. The number of carbonyl (C=O) groups excluding carboxylic acids is 2. The summed E-state index contributed by atoms with van der Waals surface area (Å²) in [7, 11) is 0. The van der Waals surface area contributed by atoms with Crippen LogP contribution in [0.25, 0.3) is 0 Å². The smallest absolute Gasteiger partial charge is 0.331 e. The van der Waals surface area contributed by atoms with Crippen LogP contribution in [0.3, 0.4) is 0 Å². The van der Waals surface area contributed by atoms with Gasteiger partial charge < -0.3 is 5.73 Å². The Labute approximate surface area is 85.7 Å². The number of rotatable bonds is 3. The highest BCUT2D eigenvalue weighted by atomic mass is 79.9. The maximum atomic E-state index is 11.2. The molecule has 0 atom stereocenters.